The summed E-state index contributed by atoms with van der Waals surface area (Å²) in [5.74, 6) is 0. The molecule has 0 saturated carbocycles. The van der Waals surface area contributed by atoms with Gasteiger partial charge >= 0.3 is 0 Å². The van der Waals surface area contributed by atoms with Crippen molar-refractivity contribution in [1.82, 2.24) is 9.80 Å². The average molecular weight is 269 g/mol. The Morgan fingerprint density at radius 1 is 1.05 bits per heavy atom. The predicted molar refractivity (Wildman–Crippen MR) is 79.3 cm³/mol. The van der Waals surface area contributed by atoms with Crippen molar-refractivity contribution >= 4 is 0 Å². The minimum Gasteiger partial charge on any atom is -0.381 e. The van der Waals surface area contributed by atoms with Crippen LogP contribution in [0.4, 0.5) is 0 Å². The third kappa shape index (κ3) is 3.91. The fraction of sp³-hybridized carbons (Fsp3) is 1.00. The molecule has 0 amide bonds. The lowest BCUT2D eigenvalue weighted by molar-refractivity contribution is -0.0157. The first kappa shape index (κ1) is 15.2. The number of rotatable bonds is 3. The molecule has 0 aromatic rings. The molecule has 4 heteroatoms. The second kappa shape index (κ2) is 6.08. The normalized spacial score (nSPS) is 26.5. The first-order valence-corrected chi connectivity index (χ1v) is 7.70. The topological polar surface area (TPSA) is 41.7 Å². The Morgan fingerprint density at radius 2 is 1.63 bits per heavy atom. The van der Waals surface area contributed by atoms with Crippen molar-refractivity contribution in [2.45, 2.75) is 39.2 Å². The summed E-state index contributed by atoms with van der Waals surface area (Å²) in [5, 5.41) is 0. The molecule has 2 rings (SSSR count). The van der Waals surface area contributed by atoms with Crippen LogP contribution in [0, 0.1) is 5.41 Å². The van der Waals surface area contributed by atoms with Crippen LogP contribution in [0.3, 0.4) is 0 Å². The Morgan fingerprint density at radius 3 is 2.11 bits per heavy atom. The molecule has 2 saturated heterocycles. The summed E-state index contributed by atoms with van der Waals surface area (Å²) >= 11 is 0. The SMILES string of the molecule is CC(C)(C)N1CCN(CC2(CN)CCOCC2)CC1. The summed E-state index contributed by atoms with van der Waals surface area (Å²) in [4.78, 5) is 5.20. The summed E-state index contributed by atoms with van der Waals surface area (Å²) in [6.07, 6.45) is 2.26. The molecule has 2 heterocycles. The van der Waals surface area contributed by atoms with Gasteiger partial charge in [0.05, 0.1) is 0 Å². The van der Waals surface area contributed by atoms with Crippen molar-refractivity contribution in [1.29, 1.82) is 0 Å². The minimum absolute atomic E-state index is 0.302. The number of nitrogens with zero attached hydrogens (tertiary/aromatic N) is 2. The largest absolute Gasteiger partial charge is 0.381 e. The number of hydrogen-bond donors (Lipinski definition) is 1. The van der Waals surface area contributed by atoms with Gasteiger partial charge in [-0.2, -0.15) is 0 Å². The van der Waals surface area contributed by atoms with E-state index in [1.165, 1.54) is 26.2 Å². The third-order valence-electron chi connectivity index (χ3n) is 4.87. The first-order chi connectivity index (χ1) is 8.95. The van der Waals surface area contributed by atoms with Gasteiger partial charge in [-0.3, -0.25) is 4.90 Å². The third-order valence-corrected chi connectivity index (χ3v) is 4.87. The molecule has 2 aliphatic rings. The van der Waals surface area contributed by atoms with E-state index in [4.69, 9.17) is 10.5 Å². The molecular weight excluding hydrogens is 238 g/mol. The number of ether oxygens (including phenoxy) is 1. The lowest BCUT2D eigenvalue weighted by Crippen LogP contribution is -2.56. The molecule has 2 N–H and O–H groups in total. The highest BCUT2D eigenvalue weighted by Crippen LogP contribution is 2.31. The Bertz CT molecular complexity index is 274. The maximum atomic E-state index is 6.06. The molecule has 0 aliphatic carbocycles. The quantitative estimate of drug-likeness (QED) is 0.835. The van der Waals surface area contributed by atoms with Crippen molar-refractivity contribution in [2.75, 3.05) is 52.5 Å². The van der Waals surface area contributed by atoms with Crippen LogP contribution in [0.1, 0.15) is 33.6 Å². The van der Waals surface area contributed by atoms with Crippen molar-refractivity contribution in [3.63, 3.8) is 0 Å². The second-order valence-corrected chi connectivity index (χ2v) is 7.25. The summed E-state index contributed by atoms with van der Waals surface area (Å²) in [7, 11) is 0. The van der Waals surface area contributed by atoms with Crippen molar-refractivity contribution in [2.24, 2.45) is 11.1 Å². The molecule has 0 aromatic carbocycles. The van der Waals surface area contributed by atoms with Gasteiger partial charge in [-0.05, 0) is 45.6 Å². The average Bonchev–Trinajstić information content (AvgIpc) is 2.39. The molecule has 0 radical (unpaired) electrons. The molecule has 112 valence electrons. The fourth-order valence-electron chi connectivity index (χ4n) is 3.28. The molecule has 2 aliphatic heterocycles. The maximum Gasteiger partial charge on any atom is 0.0472 e. The number of hydrogen-bond acceptors (Lipinski definition) is 4. The van der Waals surface area contributed by atoms with Gasteiger partial charge in [0.1, 0.15) is 0 Å². The Kier molecular flexibility index (Phi) is 4.88. The number of piperazine rings is 1. The predicted octanol–water partition coefficient (Wildman–Crippen LogP) is 1.16. The minimum atomic E-state index is 0.302. The Hall–Kier alpha value is -0.160. The zero-order valence-electron chi connectivity index (χ0n) is 13.0. The van der Waals surface area contributed by atoms with E-state index in [1.807, 2.05) is 0 Å². The van der Waals surface area contributed by atoms with Gasteiger partial charge in [0.15, 0.2) is 0 Å². The highest BCUT2D eigenvalue weighted by atomic mass is 16.5. The Labute approximate surface area is 118 Å². The van der Waals surface area contributed by atoms with Gasteiger partial charge < -0.3 is 15.4 Å². The van der Waals surface area contributed by atoms with Gasteiger partial charge in [0.2, 0.25) is 0 Å². The smallest absolute Gasteiger partial charge is 0.0472 e. The molecule has 0 atom stereocenters. The van der Waals surface area contributed by atoms with E-state index in [1.54, 1.807) is 0 Å². The second-order valence-electron chi connectivity index (χ2n) is 7.25. The van der Waals surface area contributed by atoms with Crippen LogP contribution in [0.15, 0.2) is 0 Å². The van der Waals surface area contributed by atoms with E-state index in [0.717, 1.165) is 39.1 Å². The molecule has 0 bridgehead atoms. The molecular formula is C15H31N3O. The zero-order valence-corrected chi connectivity index (χ0v) is 13.0. The van der Waals surface area contributed by atoms with Crippen LogP contribution >= 0.6 is 0 Å². The Balaban J connectivity index is 1.84. The molecule has 0 spiro atoms. The summed E-state index contributed by atoms with van der Waals surface area (Å²) in [6.45, 7) is 15.4. The van der Waals surface area contributed by atoms with E-state index in [2.05, 4.69) is 30.6 Å². The molecule has 19 heavy (non-hydrogen) atoms. The summed E-state index contributed by atoms with van der Waals surface area (Å²) in [6, 6.07) is 0. The van der Waals surface area contributed by atoms with E-state index >= 15 is 0 Å². The zero-order chi connectivity index (χ0) is 13.9. The van der Waals surface area contributed by atoms with Crippen molar-refractivity contribution < 1.29 is 4.74 Å². The van der Waals surface area contributed by atoms with Crippen LogP contribution in [-0.2, 0) is 4.74 Å². The number of nitrogens with two attached hydrogens (primary N) is 1. The van der Waals surface area contributed by atoms with Gasteiger partial charge in [-0.1, -0.05) is 0 Å². The standard InChI is InChI=1S/C15H31N3O/c1-14(2,3)18-8-6-17(7-9-18)13-15(12-16)4-10-19-11-5-15/h4-13,16H2,1-3H3. The van der Waals surface area contributed by atoms with E-state index in [0.29, 0.717) is 11.0 Å². The molecule has 0 unspecified atom stereocenters. The highest BCUT2D eigenvalue weighted by molar-refractivity contribution is 4.89. The highest BCUT2D eigenvalue weighted by Gasteiger charge is 2.35. The lowest BCUT2D eigenvalue weighted by atomic mass is 9.79. The van der Waals surface area contributed by atoms with E-state index < -0.39 is 0 Å². The van der Waals surface area contributed by atoms with E-state index in [-0.39, 0.29) is 0 Å². The van der Waals surface area contributed by atoms with E-state index in [9.17, 15) is 0 Å². The van der Waals surface area contributed by atoms with Crippen LogP contribution in [0.2, 0.25) is 0 Å². The maximum absolute atomic E-state index is 6.06. The van der Waals surface area contributed by atoms with Crippen molar-refractivity contribution in [3.05, 3.63) is 0 Å². The van der Waals surface area contributed by atoms with Crippen LogP contribution in [0.5, 0.6) is 0 Å². The first-order valence-electron chi connectivity index (χ1n) is 7.70. The lowest BCUT2D eigenvalue weighted by Gasteiger charge is -2.46. The summed E-state index contributed by atoms with van der Waals surface area (Å²) in [5.41, 5.74) is 6.67. The van der Waals surface area contributed by atoms with Crippen molar-refractivity contribution in [3.8, 4) is 0 Å². The molecule has 2 fully saturated rings. The van der Waals surface area contributed by atoms with Crippen LogP contribution in [-0.4, -0.2) is 67.8 Å². The van der Waals surface area contributed by atoms with Crippen LogP contribution in [0.25, 0.3) is 0 Å². The van der Waals surface area contributed by atoms with Gasteiger partial charge in [-0.25, -0.2) is 0 Å². The van der Waals surface area contributed by atoms with Gasteiger partial charge in [0.25, 0.3) is 0 Å². The van der Waals surface area contributed by atoms with Gasteiger partial charge in [0, 0.05) is 51.5 Å². The fourth-order valence-corrected chi connectivity index (χ4v) is 3.28. The van der Waals surface area contributed by atoms with Crippen LogP contribution < -0.4 is 5.73 Å². The monoisotopic (exact) mass is 269 g/mol. The summed E-state index contributed by atoms with van der Waals surface area (Å²) < 4.78 is 5.50. The van der Waals surface area contributed by atoms with Gasteiger partial charge in [-0.15, -0.1) is 0 Å². The molecule has 0 aromatic heterocycles. The molecule has 4 nitrogen and oxygen atoms in total.